The van der Waals surface area contributed by atoms with E-state index < -0.39 is 18.5 Å². The molecule has 0 atom stereocenters. The van der Waals surface area contributed by atoms with Gasteiger partial charge in [-0.3, -0.25) is 9.59 Å². The highest BCUT2D eigenvalue weighted by Gasteiger charge is 2.14. The van der Waals surface area contributed by atoms with Gasteiger partial charge in [0.2, 0.25) is 0 Å². The Hall–Kier alpha value is -1.83. The van der Waals surface area contributed by atoms with Gasteiger partial charge < -0.3 is 15.2 Å². The van der Waals surface area contributed by atoms with Gasteiger partial charge in [-0.2, -0.15) is 8.78 Å². The molecule has 0 saturated heterocycles. The standard InChI is InChI=1S/C12H13F2NO4S/c13-12(14)19-9-4-2-1-3-8(9)11(18)15-5-6-20-7-10(16)17/h1-4,12H,5-7H2,(H,15,18)(H,16,17). The largest absolute Gasteiger partial charge is 0.481 e. The lowest BCUT2D eigenvalue weighted by molar-refractivity contribution is -0.133. The highest BCUT2D eigenvalue weighted by atomic mass is 32.2. The molecule has 0 aromatic heterocycles. The Labute approximate surface area is 118 Å². The Morgan fingerprint density at radius 1 is 1.35 bits per heavy atom. The number of nitrogens with one attached hydrogen (secondary N) is 1. The molecule has 8 heteroatoms. The Morgan fingerprint density at radius 2 is 2.05 bits per heavy atom. The molecule has 1 amide bonds. The second kappa shape index (κ2) is 8.36. The van der Waals surface area contributed by atoms with Crippen LogP contribution in [0.15, 0.2) is 24.3 Å². The van der Waals surface area contributed by atoms with Crippen LogP contribution in [0.3, 0.4) is 0 Å². The summed E-state index contributed by atoms with van der Waals surface area (Å²) in [5.41, 5.74) is 0.0102. The molecule has 0 saturated carbocycles. The first-order valence-electron chi connectivity index (χ1n) is 5.62. The fourth-order valence-corrected chi connectivity index (χ4v) is 1.91. The first-order valence-corrected chi connectivity index (χ1v) is 6.77. The molecule has 2 N–H and O–H groups in total. The number of hydrogen-bond donors (Lipinski definition) is 2. The number of ether oxygens (including phenoxy) is 1. The highest BCUT2D eigenvalue weighted by molar-refractivity contribution is 7.99. The Morgan fingerprint density at radius 3 is 2.70 bits per heavy atom. The van der Waals surface area contributed by atoms with Gasteiger partial charge in [-0.05, 0) is 12.1 Å². The number of carbonyl (C=O) groups excluding carboxylic acids is 1. The molecule has 0 bridgehead atoms. The number of carboxylic acid groups (broad SMARTS) is 1. The molecule has 110 valence electrons. The fraction of sp³-hybridized carbons (Fsp3) is 0.333. The van der Waals surface area contributed by atoms with E-state index in [-0.39, 0.29) is 23.6 Å². The zero-order valence-electron chi connectivity index (χ0n) is 10.3. The molecule has 20 heavy (non-hydrogen) atoms. The van der Waals surface area contributed by atoms with Crippen molar-refractivity contribution in [2.45, 2.75) is 6.61 Å². The quantitative estimate of drug-likeness (QED) is 0.717. The Balaban J connectivity index is 2.48. The first kappa shape index (κ1) is 16.2. The summed E-state index contributed by atoms with van der Waals surface area (Å²) in [6, 6.07) is 5.67. The van der Waals surface area contributed by atoms with Crippen LogP contribution in [0.2, 0.25) is 0 Å². The van der Waals surface area contributed by atoms with E-state index in [0.29, 0.717) is 5.75 Å². The molecule has 1 aromatic carbocycles. The first-order chi connectivity index (χ1) is 9.50. The maximum Gasteiger partial charge on any atom is 0.387 e. The van der Waals surface area contributed by atoms with Crippen molar-refractivity contribution in [1.82, 2.24) is 5.32 Å². The molecule has 0 aliphatic heterocycles. The zero-order valence-corrected chi connectivity index (χ0v) is 11.2. The number of thioether (sulfide) groups is 1. The van der Waals surface area contributed by atoms with E-state index in [1.54, 1.807) is 0 Å². The monoisotopic (exact) mass is 305 g/mol. The molecule has 0 spiro atoms. The van der Waals surface area contributed by atoms with Crippen LogP contribution in [0.25, 0.3) is 0 Å². The van der Waals surface area contributed by atoms with Gasteiger partial charge in [0, 0.05) is 12.3 Å². The predicted octanol–water partition coefficient (Wildman–Crippen LogP) is 1.84. The van der Waals surface area contributed by atoms with Crippen LogP contribution in [-0.2, 0) is 4.79 Å². The molecule has 0 fully saturated rings. The van der Waals surface area contributed by atoms with Crippen molar-refractivity contribution >= 4 is 23.6 Å². The van der Waals surface area contributed by atoms with Crippen LogP contribution in [0.1, 0.15) is 10.4 Å². The number of alkyl halides is 2. The zero-order chi connectivity index (χ0) is 15.0. The molecule has 1 aromatic rings. The summed E-state index contributed by atoms with van der Waals surface area (Å²) in [7, 11) is 0. The lowest BCUT2D eigenvalue weighted by atomic mass is 10.2. The van der Waals surface area contributed by atoms with Crippen molar-refractivity contribution < 1.29 is 28.2 Å². The SMILES string of the molecule is O=C(O)CSCCNC(=O)c1ccccc1OC(F)F. The third-order valence-corrected chi connectivity index (χ3v) is 3.05. The number of para-hydroxylation sites is 1. The van der Waals surface area contributed by atoms with E-state index in [0.717, 1.165) is 11.8 Å². The number of halogens is 2. The minimum absolute atomic E-state index is 0.0102. The fourth-order valence-electron chi connectivity index (χ4n) is 1.34. The van der Waals surface area contributed by atoms with Crippen LogP contribution in [0.5, 0.6) is 5.75 Å². The maximum atomic E-state index is 12.2. The van der Waals surface area contributed by atoms with Crippen molar-refractivity contribution in [3.05, 3.63) is 29.8 Å². The molecule has 0 radical (unpaired) electrons. The lowest BCUT2D eigenvalue weighted by Crippen LogP contribution is -2.26. The molecule has 0 heterocycles. The summed E-state index contributed by atoms with van der Waals surface area (Å²) >= 11 is 1.15. The van der Waals surface area contributed by atoms with Gasteiger partial charge >= 0.3 is 12.6 Å². The van der Waals surface area contributed by atoms with E-state index in [2.05, 4.69) is 10.1 Å². The summed E-state index contributed by atoms with van der Waals surface area (Å²) in [5.74, 6) is -1.32. The van der Waals surface area contributed by atoms with Crippen molar-refractivity contribution in [3.8, 4) is 5.75 Å². The van der Waals surface area contributed by atoms with Gasteiger partial charge in [0.25, 0.3) is 5.91 Å². The Bertz CT molecular complexity index is 471. The van der Waals surface area contributed by atoms with Gasteiger partial charge in [-0.25, -0.2) is 0 Å². The minimum Gasteiger partial charge on any atom is -0.481 e. The third-order valence-electron chi connectivity index (χ3n) is 2.11. The number of rotatable bonds is 8. The molecule has 0 aliphatic rings. The van der Waals surface area contributed by atoms with Gasteiger partial charge in [-0.1, -0.05) is 12.1 Å². The molecule has 0 aliphatic carbocycles. The number of carbonyl (C=O) groups is 2. The summed E-state index contributed by atoms with van der Waals surface area (Å²) in [5, 5.41) is 10.9. The van der Waals surface area contributed by atoms with E-state index in [4.69, 9.17) is 5.11 Å². The van der Waals surface area contributed by atoms with Gasteiger partial charge in [0.05, 0.1) is 11.3 Å². The van der Waals surface area contributed by atoms with Crippen molar-refractivity contribution in [2.24, 2.45) is 0 Å². The van der Waals surface area contributed by atoms with Gasteiger partial charge in [0.1, 0.15) is 5.75 Å². The van der Waals surface area contributed by atoms with Crippen molar-refractivity contribution in [3.63, 3.8) is 0 Å². The van der Waals surface area contributed by atoms with Crippen molar-refractivity contribution in [1.29, 1.82) is 0 Å². The van der Waals surface area contributed by atoms with Gasteiger partial charge in [0.15, 0.2) is 0 Å². The van der Waals surface area contributed by atoms with Crippen LogP contribution in [0, 0.1) is 0 Å². The smallest absolute Gasteiger partial charge is 0.387 e. The lowest BCUT2D eigenvalue weighted by Gasteiger charge is -2.10. The average Bonchev–Trinajstić information content (AvgIpc) is 2.37. The normalized spacial score (nSPS) is 10.3. The molecular formula is C12H13F2NO4S. The van der Waals surface area contributed by atoms with E-state index >= 15 is 0 Å². The number of hydrogen-bond acceptors (Lipinski definition) is 4. The van der Waals surface area contributed by atoms with Crippen LogP contribution >= 0.6 is 11.8 Å². The number of benzene rings is 1. The van der Waals surface area contributed by atoms with Gasteiger partial charge in [-0.15, -0.1) is 11.8 Å². The summed E-state index contributed by atoms with van der Waals surface area (Å²) in [6.45, 7) is -2.77. The second-order valence-corrected chi connectivity index (χ2v) is 4.68. The van der Waals surface area contributed by atoms with E-state index in [9.17, 15) is 18.4 Å². The average molecular weight is 305 g/mol. The molecule has 5 nitrogen and oxygen atoms in total. The maximum absolute atomic E-state index is 12.2. The molecular weight excluding hydrogens is 292 g/mol. The second-order valence-electron chi connectivity index (χ2n) is 3.58. The molecule has 0 unspecified atom stereocenters. The minimum atomic E-state index is -3.00. The summed E-state index contributed by atoms with van der Waals surface area (Å²) in [4.78, 5) is 22.1. The number of amides is 1. The Kier molecular flexibility index (Phi) is 6.78. The number of carboxylic acids is 1. The van der Waals surface area contributed by atoms with Crippen LogP contribution < -0.4 is 10.1 Å². The highest BCUT2D eigenvalue weighted by Crippen LogP contribution is 2.19. The van der Waals surface area contributed by atoms with Crippen LogP contribution in [0.4, 0.5) is 8.78 Å². The molecule has 1 rings (SSSR count). The third kappa shape index (κ3) is 5.87. The topological polar surface area (TPSA) is 75.6 Å². The van der Waals surface area contributed by atoms with E-state index in [1.807, 2.05) is 0 Å². The summed E-state index contributed by atoms with van der Waals surface area (Å²) < 4.78 is 28.6. The van der Waals surface area contributed by atoms with Crippen molar-refractivity contribution in [2.75, 3.05) is 18.1 Å². The van der Waals surface area contributed by atoms with Crippen LogP contribution in [-0.4, -0.2) is 41.6 Å². The summed E-state index contributed by atoms with van der Waals surface area (Å²) in [6.07, 6.45) is 0. The number of aliphatic carboxylic acids is 1. The predicted molar refractivity (Wildman–Crippen MR) is 70.4 cm³/mol. The van der Waals surface area contributed by atoms with E-state index in [1.165, 1.54) is 24.3 Å².